The Balaban J connectivity index is 2.07. The predicted molar refractivity (Wildman–Crippen MR) is 54.9 cm³/mol. The maximum Gasteiger partial charge on any atom is 0.0716 e. The number of nitrogens with zero attached hydrogens (tertiary/aromatic N) is 1. The highest BCUT2D eigenvalue weighted by Crippen LogP contribution is 2.00. The summed E-state index contributed by atoms with van der Waals surface area (Å²) in [5.41, 5.74) is 1.23. The van der Waals surface area contributed by atoms with E-state index in [0.29, 0.717) is 6.61 Å². The van der Waals surface area contributed by atoms with E-state index in [9.17, 15) is 0 Å². The Hall–Kier alpha value is -0.860. The molecule has 0 radical (unpaired) electrons. The molecule has 0 unspecified atom stereocenters. The van der Waals surface area contributed by atoms with Gasteiger partial charge in [0, 0.05) is 6.61 Å². The molecule has 0 aromatic heterocycles. The van der Waals surface area contributed by atoms with Crippen LogP contribution in [0.15, 0.2) is 30.3 Å². The highest BCUT2D eigenvalue weighted by Gasteiger charge is 1.89. The third-order valence-electron chi connectivity index (χ3n) is 1.78. The van der Waals surface area contributed by atoms with Gasteiger partial charge in [-0.3, -0.25) is 0 Å². The van der Waals surface area contributed by atoms with Gasteiger partial charge in [0.25, 0.3) is 0 Å². The van der Waals surface area contributed by atoms with Crippen LogP contribution in [0.4, 0.5) is 0 Å². The maximum absolute atomic E-state index is 5.46. The van der Waals surface area contributed by atoms with E-state index in [4.69, 9.17) is 4.74 Å². The SMILES string of the molecule is C[N-]CCCOCc1ccccc1. The Morgan fingerprint density at radius 1 is 1.23 bits per heavy atom. The van der Waals surface area contributed by atoms with Crippen molar-refractivity contribution in [2.45, 2.75) is 13.0 Å². The molecule has 0 aliphatic carbocycles. The van der Waals surface area contributed by atoms with Crippen molar-refractivity contribution in [2.24, 2.45) is 0 Å². The lowest BCUT2D eigenvalue weighted by atomic mass is 10.2. The summed E-state index contributed by atoms with van der Waals surface area (Å²) in [6, 6.07) is 10.2. The number of hydrogen-bond acceptors (Lipinski definition) is 1. The second-order valence-corrected chi connectivity index (χ2v) is 2.93. The zero-order valence-corrected chi connectivity index (χ0v) is 8.07. The van der Waals surface area contributed by atoms with Crippen LogP contribution in [0, 0.1) is 0 Å². The Bertz CT molecular complexity index is 211. The summed E-state index contributed by atoms with van der Waals surface area (Å²) in [5, 5.41) is 4.00. The van der Waals surface area contributed by atoms with Crippen molar-refractivity contribution in [2.75, 3.05) is 20.2 Å². The summed E-state index contributed by atoms with van der Waals surface area (Å²) in [7, 11) is 1.83. The standard InChI is InChI=1S/C11H16NO/c1-12-8-5-9-13-10-11-6-3-2-4-7-11/h2-4,6-7H,5,8-10H2,1H3/q-1. The second-order valence-electron chi connectivity index (χ2n) is 2.93. The van der Waals surface area contributed by atoms with Crippen LogP contribution in [-0.2, 0) is 11.3 Å². The van der Waals surface area contributed by atoms with Crippen molar-refractivity contribution in [1.82, 2.24) is 0 Å². The first-order valence-corrected chi connectivity index (χ1v) is 4.61. The van der Waals surface area contributed by atoms with E-state index in [1.165, 1.54) is 5.56 Å². The summed E-state index contributed by atoms with van der Waals surface area (Å²) in [6.45, 7) is 2.41. The fourth-order valence-electron chi connectivity index (χ4n) is 1.09. The Kier molecular flexibility index (Phi) is 5.22. The first-order valence-electron chi connectivity index (χ1n) is 4.61. The molecule has 0 fully saturated rings. The highest BCUT2D eigenvalue weighted by molar-refractivity contribution is 5.13. The highest BCUT2D eigenvalue weighted by atomic mass is 16.5. The lowest BCUT2D eigenvalue weighted by Crippen LogP contribution is -1.97. The van der Waals surface area contributed by atoms with Gasteiger partial charge in [0.2, 0.25) is 0 Å². The van der Waals surface area contributed by atoms with Gasteiger partial charge in [-0.15, -0.1) is 6.54 Å². The molecule has 0 N–H and O–H groups in total. The van der Waals surface area contributed by atoms with Gasteiger partial charge in [-0.05, 0) is 12.0 Å². The van der Waals surface area contributed by atoms with E-state index in [2.05, 4.69) is 17.4 Å². The Morgan fingerprint density at radius 2 is 2.00 bits per heavy atom. The number of benzene rings is 1. The van der Waals surface area contributed by atoms with Crippen molar-refractivity contribution < 1.29 is 4.74 Å². The lowest BCUT2D eigenvalue weighted by Gasteiger charge is -2.10. The second kappa shape index (κ2) is 6.63. The zero-order valence-electron chi connectivity index (χ0n) is 8.07. The molecule has 2 heteroatoms. The molecule has 0 amide bonds. The van der Waals surface area contributed by atoms with Crippen LogP contribution < -0.4 is 0 Å². The summed E-state index contributed by atoms with van der Waals surface area (Å²) < 4.78 is 5.46. The van der Waals surface area contributed by atoms with E-state index in [-0.39, 0.29) is 0 Å². The smallest absolute Gasteiger partial charge is 0.0716 e. The molecule has 0 heterocycles. The first kappa shape index (κ1) is 10.2. The monoisotopic (exact) mass is 178 g/mol. The molecule has 0 saturated carbocycles. The fourth-order valence-corrected chi connectivity index (χ4v) is 1.09. The molecule has 0 saturated heterocycles. The van der Waals surface area contributed by atoms with Crippen LogP contribution in [-0.4, -0.2) is 20.2 Å². The molecular weight excluding hydrogens is 162 g/mol. The summed E-state index contributed by atoms with van der Waals surface area (Å²) >= 11 is 0. The Labute approximate surface area is 79.9 Å². The van der Waals surface area contributed by atoms with Gasteiger partial charge in [-0.1, -0.05) is 30.3 Å². The predicted octanol–water partition coefficient (Wildman–Crippen LogP) is 2.60. The van der Waals surface area contributed by atoms with Crippen molar-refractivity contribution in [3.8, 4) is 0 Å². The lowest BCUT2D eigenvalue weighted by molar-refractivity contribution is 0.121. The van der Waals surface area contributed by atoms with Crippen LogP contribution in [0.25, 0.3) is 5.32 Å². The topological polar surface area (TPSA) is 23.3 Å². The summed E-state index contributed by atoms with van der Waals surface area (Å²) in [5.74, 6) is 0. The van der Waals surface area contributed by atoms with Gasteiger partial charge in [0.15, 0.2) is 0 Å². The molecule has 0 spiro atoms. The number of rotatable bonds is 6. The van der Waals surface area contributed by atoms with Crippen molar-refractivity contribution in [3.63, 3.8) is 0 Å². The number of ether oxygens (including phenoxy) is 1. The molecule has 13 heavy (non-hydrogen) atoms. The van der Waals surface area contributed by atoms with Crippen molar-refractivity contribution in [3.05, 3.63) is 41.2 Å². The fraction of sp³-hybridized carbons (Fsp3) is 0.455. The number of hydrogen-bond donors (Lipinski definition) is 0. The van der Waals surface area contributed by atoms with E-state index in [1.807, 2.05) is 25.2 Å². The quantitative estimate of drug-likeness (QED) is 0.614. The summed E-state index contributed by atoms with van der Waals surface area (Å²) in [4.78, 5) is 0. The first-order chi connectivity index (χ1) is 6.43. The molecule has 1 aromatic rings. The van der Waals surface area contributed by atoms with E-state index in [1.54, 1.807) is 0 Å². The van der Waals surface area contributed by atoms with Gasteiger partial charge in [-0.25, -0.2) is 0 Å². The van der Waals surface area contributed by atoms with Gasteiger partial charge < -0.3 is 10.1 Å². The van der Waals surface area contributed by atoms with Crippen molar-refractivity contribution in [1.29, 1.82) is 0 Å². The van der Waals surface area contributed by atoms with Gasteiger partial charge >= 0.3 is 0 Å². The minimum atomic E-state index is 0.713. The molecule has 0 atom stereocenters. The molecule has 0 aliphatic heterocycles. The van der Waals surface area contributed by atoms with Gasteiger partial charge in [-0.2, -0.15) is 7.05 Å². The minimum absolute atomic E-state index is 0.713. The van der Waals surface area contributed by atoms with Gasteiger partial charge in [0.05, 0.1) is 6.61 Å². The van der Waals surface area contributed by atoms with E-state index >= 15 is 0 Å². The Morgan fingerprint density at radius 3 is 2.69 bits per heavy atom. The minimum Gasteiger partial charge on any atom is -0.665 e. The average Bonchev–Trinajstić information content (AvgIpc) is 2.19. The third kappa shape index (κ3) is 4.65. The molecular formula is C11H16NO-. The molecule has 0 bridgehead atoms. The molecule has 0 aliphatic rings. The largest absolute Gasteiger partial charge is 0.665 e. The molecule has 1 rings (SSSR count). The van der Waals surface area contributed by atoms with Crippen LogP contribution in [0.3, 0.4) is 0 Å². The van der Waals surface area contributed by atoms with Crippen LogP contribution in [0.5, 0.6) is 0 Å². The van der Waals surface area contributed by atoms with Crippen molar-refractivity contribution >= 4 is 0 Å². The molecule has 2 nitrogen and oxygen atoms in total. The average molecular weight is 178 g/mol. The van der Waals surface area contributed by atoms with Crippen LogP contribution in [0.2, 0.25) is 0 Å². The van der Waals surface area contributed by atoms with Crippen LogP contribution >= 0.6 is 0 Å². The van der Waals surface area contributed by atoms with E-state index < -0.39 is 0 Å². The van der Waals surface area contributed by atoms with Gasteiger partial charge in [0.1, 0.15) is 0 Å². The van der Waals surface area contributed by atoms with Crippen LogP contribution in [0.1, 0.15) is 12.0 Å². The maximum atomic E-state index is 5.46. The van der Waals surface area contributed by atoms with E-state index in [0.717, 1.165) is 19.6 Å². The normalized spacial score (nSPS) is 10.2. The molecule has 1 aromatic carbocycles. The zero-order chi connectivity index (χ0) is 9.36. The molecule has 72 valence electrons. The summed E-state index contributed by atoms with van der Waals surface area (Å²) in [6.07, 6.45) is 1.02. The third-order valence-corrected chi connectivity index (χ3v) is 1.78.